The van der Waals surface area contributed by atoms with Crippen LogP contribution in [0.4, 0.5) is 13.2 Å². The molecule has 1 fully saturated rings. The Morgan fingerprint density at radius 2 is 2.13 bits per heavy atom. The molecule has 1 aliphatic rings. The third-order valence-electron chi connectivity index (χ3n) is 2.81. The number of Topliss-reactive ketones (excluding diaryl/α,β-unsaturated/α-hetero) is 1. The van der Waals surface area contributed by atoms with Gasteiger partial charge in [-0.05, 0) is 6.42 Å². The van der Waals surface area contributed by atoms with Crippen molar-refractivity contribution in [2.45, 2.75) is 32.4 Å². The van der Waals surface area contributed by atoms with Crippen molar-refractivity contribution in [3.63, 3.8) is 0 Å². The molecule has 5 heteroatoms. The van der Waals surface area contributed by atoms with Gasteiger partial charge in [0.25, 0.3) is 0 Å². The van der Waals surface area contributed by atoms with Crippen LogP contribution in [-0.4, -0.2) is 36.5 Å². The fourth-order valence-electron chi connectivity index (χ4n) is 1.82. The minimum absolute atomic E-state index is 0.0211. The lowest BCUT2D eigenvalue weighted by molar-refractivity contribution is -0.140. The van der Waals surface area contributed by atoms with Crippen LogP contribution in [0.2, 0.25) is 0 Å². The lowest BCUT2D eigenvalue weighted by atomic mass is 9.94. The van der Waals surface area contributed by atoms with Crippen molar-refractivity contribution < 1.29 is 18.0 Å². The van der Waals surface area contributed by atoms with Gasteiger partial charge >= 0.3 is 6.18 Å². The Labute approximate surface area is 87.4 Å². The number of hydrogen-bond acceptors (Lipinski definition) is 2. The highest BCUT2D eigenvalue weighted by Gasteiger charge is 2.31. The molecule has 88 valence electrons. The minimum atomic E-state index is -4.09. The predicted molar refractivity (Wildman–Crippen MR) is 50.5 cm³/mol. The minimum Gasteiger partial charge on any atom is -0.302 e. The van der Waals surface area contributed by atoms with Gasteiger partial charge in [0.05, 0.1) is 6.42 Å². The van der Waals surface area contributed by atoms with Crippen molar-refractivity contribution >= 4 is 5.78 Å². The molecular formula is C10H16F3NO. The topological polar surface area (TPSA) is 20.3 Å². The maximum Gasteiger partial charge on any atom is 0.390 e. The van der Waals surface area contributed by atoms with E-state index in [4.69, 9.17) is 0 Å². The van der Waals surface area contributed by atoms with Gasteiger partial charge in [0.15, 0.2) is 0 Å². The van der Waals surface area contributed by atoms with Crippen molar-refractivity contribution in [3.05, 3.63) is 0 Å². The van der Waals surface area contributed by atoms with Crippen LogP contribution in [-0.2, 0) is 4.79 Å². The molecule has 0 saturated carbocycles. The summed E-state index contributed by atoms with van der Waals surface area (Å²) in [5.41, 5.74) is 0. The maximum absolute atomic E-state index is 12.0. The molecule has 0 amide bonds. The van der Waals surface area contributed by atoms with E-state index in [0.717, 1.165) is 6.42 Å². The third-order valence-corrected chi connectivity index (χ3v) is 2.81. The second-order valence-electron chi connectivity index (χ2n) is 3.99. The number of alkyl halides is 3. The smallest absolute Gasteiger partial charge is 0.302 e. The van der Waals surface area contributed by atoms with Gasteiger partial charge in [0, 0.05) is 32.0 Å². The number of rotatable bonds is 3. The summed E-state index contributed by atoms with van der Waals surface area (Å²) in [6, 6.07) is 0. The number of carbonyl (C=O) groups is 1. The lowest BCUT2D eigenvalue weighted by Gasteiger charge is -2.31. The second-order valence-corrected chi connectivity index (χ2v) is 3.99. The highest BCUT2D eigenvalue weighted by Crippen LogP contribution is 2.22. The Kier molecular flexibility index (Phi) is 4.13. The molecule has 2 nitrogen and oxygen atoms in total. The van der Waals surface area contributed by atoms with Crippen molar-refractivity contribution in [1.82, 2.24) is 4.90 Å². The van der Waals surface area contributed by atoms with Gasteiger partial charge < -0.3 is 4.90 Å². The summed E-state index contributed by atoms with van der Waals surface area (Å²) in [4.78, 5) is 13.1. The standard InChI is InChI=1S/C10H16F3NO/c1-2-8-7-14(5-3-9(8)15)6-4-10(11,12)13/h8H,2-7H2,1H3. The van der Waals surface area contributed by atoms with Gasteiger partial charge in [-0.25, -0.2) is 0 Å². The van der Waals surface area contributed by atoms with Gasteiger partial charge in [-0.3, -0.25) is 4.79 Å². The molecule has 0 aliphatic carbocycles. The zero-order valence-corrected chi connectivity index (χ0v) is 8.81. The van der Waals surface area contributed by atoms with Crippen molar-refractivity contribution in [1.29, 1.82) is 0 Å². The zero-order chi connectivity index (χ0) is 11.5. The van der Waals surface area contributed by atoms with Crippen LogP contribution in [0.5, 0.6) is 0 Å². The Morgan fingerprint density at radius 1 is 1.47 bits per heavy atom. The first-order valence-corrected chi connectivity index (χ1v) is 5.24. The van der Waals surface area contributed by atoms with Gasteiger partial charge in [-0.2, -0.15) is 13.2 Å². The van der Waals surface area contributed by atoms with Crippen LogP contribution in [0.25, 0.3) is 0 Å². The molecule has 1 aliphatic heterocycles. The van der Waals surface area contributed by atoms with E-state index in [1.54, 1.807) is 4.90 Å². The van der Waals surface area contributed by atoms with E-state index in [9.17, 15) is 18.0 Å². The van der Waals surface area contributed by atoms with Crippen LogP contribution in [0.3, 0.4) is 0 Å². The van der Waals surface area contributed by atoms with Gasteiger partial charge in [-0.15, -0.1) is 0 Å². The molecule has 1 heterocycles. The van der Waals surface area contributed by atoms with Gasteiger partial charge in [0.1, 0.15) is 5.78 Å². The van der Waals surface area contributed by atoms with E-state index >= 15 is 0 Å². The number of likely N-dealkylation sites (tertiary alicyclic amines) is 1. The predicted octanol–water partition coefficient (Wildman–Crippen LogP) is 2.24. The molecular weight excluding hydrogens is 207 g/mol. The maximum atomic E-state index is 12.0. The SMILES string of the molecule is CCC1CN(CCC(F)(F)F)CCC1=O. The fourth-order valence-corrected chi connectivity index (χ4v) is 1.82. The van der Waals surface area contributed by atoms with Crippen molar-refractivity contribution in [3.8, 4) is 0 Å². The Balaban J connectivity index is 2.35. The molecule has 0 bridgehead atoms. The first kappa shape index (κ1) is 12.5. The van der Waals surface area contributed by atoms with Crippen LogP contribution in [0, 0.1) is 5.92 Å². The third kappa shape index (κ3) is 4.20. The molecule has 1 saturated heterocycles. The van der Waals surface area contributed by atoms with Crippen LogP contribution >= 0.6 is 0 Å². The van der Waals surface area contributed by atoms with E-state index < -0.39 is 12.6 Å². The first-order valence-electron chi connectivity index (χ1n) is 5.24. The summed E-state index contributed by atoms with van der Waals surface area (Å²) in [6.45, 7) is 2.89. The highest BCUT2D eigenvalue weighted by atomic mass is 19.4. The van der Waals surface area contributed by atoms with E-state index in [-0.39, 0.29) is 18.2 Å². The molecule has 0 aromatic heterocycles. The summed E-state index contributed by atoms with van der Waals surface area (Å²) >= 11 is 0. The Morgan fingerprint density at radius 3 is 2.67 bits per heavy atom. The van der Waals surface area contributed by atoms with Gasteiger partial charge in [0.2, 0.25) is 0 Å². The highest BCUT2D eigenvalue weighted by molar-refractivity contribution is 5.82. The summed E-state index contributed by atoms with van der Waals surface area (Å²) in [5, 5.41) is 0. The average molecular weight is 223 g/mol. The molecule has 0 radical (unpaired) electrons. The Bertz CT molecular complexity index is 227. The molecule has 0 N–H and O–H groups in total. The Hall–Kier alpha value is -0.580. The van der Waals surface area contributed by atoms with Gasteiger partial charge in [-0.1, -0.05) is 6.92 Å². The van der Waals surface area contributed by atoms with Crippen LogP contribution in [0.1, 0.15) is 26.2 Å². The van der Waals surface area contributed by atoms with Crippen LogP contribution < -0.4 is 0 Å². The zero-order valence-electron chi connectivity index (χ0n) is 8.81. The summed E-state index contributed by atoms with van der Waals surface area (Å²) in [6.07, 6.45) is -3.75. The molecule has 1 atom stereocenters. The first-order chi connectivity index (χ1) is 6.92. The number of ketones is 1. The molecule has 0 aromatic carbocycles. The van der Waals surface area contributed by atoms with E-state index in [1.165, 1.54) is 0 Å². The van der Waals surface area contributed by atoms with Crippen LogP contribution in [0.15, 0.2) is 0 Å². The molecule has 0 aromatic rings. The monoisotopic (exact) mass is 223 g/mol. The average Bonchev–Trinajstić information content (AvgIpc) is 2.15. The molecule has 0 spiro atoms. The van der Waals surface area contributed by atoms with Crippen molar-refractivity contribution in [2.75, 3.05) is 19.6 Å². The number of carbonyl (C=O) groups excluding carboxylic acids is 1. The summed E-state index contributed by atoms with van der Waals surface area (Å²) in [5.74, 6) is 0.132. The summed E-state index contributed by atoms with van der Waals surface area (Å²) in [7, 11) is 0. The number of piperidine rings is 1. The number of hydrogen-bond donors (Lipinski definition) is 0. The van der Waals surface area contributed by atoms with Crippen molar-refractivity contribution in [2.24, 2.45) is 5.92 Å². The quantitative estimate of drug-likeness (QED) is 0.731. The lowest BCUT2D eigenvalue weighted by Crippen LogP contribution is -2.41. The summed E-state index contributed by atoms with van der Waals surface area (Å²) < 4.78 is 35.9. The largest absolute Gasteiger partial charge is 0.390 e. The number of halogens is 3. The normalized spacial score (nSPS) is 24.5. The van der Waals surface area contributed by atoms with E-state index in [0.29, 0.717) is 19.5 Å². The number of nitrogens with zero attached hydrogens (tertiary/aromatic N) is 1. The van der Waals surface area contributed by atoms with E-state index in [1.807, 2.05) is 6.92 Å². The molecule has 1 rings (SSSR count). The fraction of sp³-hybridized carbons (Fsp3) is 0.900. The second kappa shape index (κ2) is 4.96. The van der Waals surface area contributed by atoms with E-state index in [2.05, 4.69) is 0 Å². The molecule has 1 unspecified atom stereocenters. The molecule has 15 heavy (non-hydrogen) atoms.